The van der Waals surface area contributed by atoms with E-state index in [1.807, 2.05) is 0 Å². The summed E-state index contributed by atoms with van der Waals surface area (Å²) in [5.41, 5.74) is 0. The van der Waals surface area contributed by atoms with Crippen LogP contribution in [0.15, 0.2) is 24.3 Å². The van der Waals surface area contributed by atoms with Crippen molar-refractivity contribution in [3.8, 4) is 0 Å². The van der Waals surface area contributed by atoms with Gasteiger partial charge in [-0.25, -0.2) is 0 Å². The molecule has 3 aliphatic rings. The van der Waals surface area contributed by atoms with Crippen LogP contribution in [0.1, 0.15) is 12.8 Å². The van der Waals surface area contributed by atoms with Crippen LogP contribution in [0.4, 0.5) is 0 Å². The Morgan fingerprint density at radius 2 is 1.30 bits per heavy atom. The molecule has 0 radical (unpaired) electrons. The van der Waals surface area contributed by atoms with Gasteiger partial charge in [0.15, 0.2) is 0 Å². The molecule has 0 amide bonds. The fourth-order valence-electron chi connectivity index (χ4n) is 2.99. The van der Waals surface area contributed by atoms with Crippen molar-refractivity contribution in [2.24, 2.45) is 23.7 Å². The van der Waals surface area contributed by atoms with E-state index in [9.17, 15) is 0 Å². The summed E-state index contributed by atoms with van der Waals surface area (Å²) >= 11 is 0. The molecule has 0 heterocycles. The van der Waals surface area contributed by atoms with Crippen LogP contribution in [0.3, 0.4) is 0 Å². The van der Waals surface area contributed by atoms with Crippen molar-refractivity contribution in [1.82, 2.24) is 0 Å². The van der Waals surface area contributed by atoms with E-state index in [0.29, 0.717) is 0 Å². The molecule has 52 valence electrons. The van der Waals surface area contributed by atoms with Gasteiger partial charge in [-0.3, -0.25) is 0 Å². The lowest BCUT2D eigenvalue weighted by Gasteiger charge is -2.44. The van der Waals surface area contributed by atoms with Gasteiger partial charge < -0.3 is 0 Å². The molecule has 0 spiro atoms. The number of hydrogen-bond donors (Lipinski definition) is 0. The van der Waals surface area contributed by atoms with Gasteiger partial charge in [-0.1, -0.05) is 24.3 Å². The molecule has 3 rings (SSSR count). The minimum absolute atomic E-state index is 0.972. The first-order chi connectivity index (χ1) is 4.97. The average Bonchev–Trinajstić information content (AvgIpc) is 2.42. The van der Waals surface area contributed by atoms with Crippen molar-refractivity contribution in [1.29, 1.82) is 0 Å². The fourth-order valence-corrected chi connectivity index (χ4v) is 2.99. The normalized spacial score (nSPS) is 54.4. The van der Waals surface area contributed by atoms with Crippen LogP contribution in [0.5, 0.6) is 0 Å². The molecule has 3 aliphatic carbocycles. The fraction of sp³-hybridized carbons (Fsp3) is 0.600. The van der Waals surface area contributed by atoms with E-state index in [2.05, 4.69) is 24.3 Å². The molecule has 0 bridgehead atoms. The van der Waals surface area contributed by atoms with Gasteiger partial charge in [0.25, 0.3) is 0 Å². The summed E-state index contributed by atoms with van der Waals surface area (Å²) < 4.78 is 0. The number of hydrogen-bond acceptors (Lipinski definition) is 0. The monoisotopic (exact) mass is 132 g/mol. The number of fused-ring (bicyclic) bond motifs is 4. The van der Waals surface area contributed by atoms with Gasteiger partial charge in [-0.15, -0.1) is 0 Å². The van der Waals surface area contributed by atoms with Crippen molar-refractivity contribution in [2.45, 2.75) is 12.8 Å². The molecule has 0 unspecified atom stereocenters. The van der Waals surface area contributed by atoms with Gasteiger partial charge in [0.05, 0.1) is 0 Å². The summed E-state index contributed by atoms with van der Waals surface area (Å²) in [5, 5.41) is 0. The van der Waals surface area contributed by atoms with Crippen LogP contribution in [0.2, 0.25) is 0 Å². The summed E-state index contributed by atoms with van der Waals surface area (Å²) in [5.74, 6) is 3.98. The highest BCUT2D eigenvalue weighted by atomic mass is 14.5. The quantitative estimate of drug-likeness (QED) is 0.444. The van der Waals surface area contributed by atoms with E-state index < -0.39 is 0 Å². The first-order valence-corrected chi connectivity index (χ1v) is 4.30. The lowest BCUT2D eigenvalue weighted by atomic mass is 9.59. The molecule has 1 fully saturated rings. The number of allylic oxidation sites excluding steroid dienone is 4. The van der Waals surface area contributed by atoms with Crippen LogP contribution in [-0.4, -0.2) is 0 Å². The second-order valence-electron chi connectivity index (χ2n) is 3.81. The van der Waals surface area contributed by atoms with Crippen molar-refractivity contribution in [3.05, 3.63) is 24.3 Å². The minimum atomic E-state index is 0.972. The molecule has 10 heavy (non-hydrogen) atoms. The lowest BCUT2D eigenvalue weighted by molar-refractivity contribution is 0.0742. The van der Waals surface area contributed by atoms with E-state index in [-0.39, 0.29) is 0 Å². The van der Waals surface area contributed by atoms with Gasteiger partial charge in [0.1, 0.15) is 0 Å². The van der Waals surface area contributed by atoms with Gasteiger partial charge in [0, 0.05) is 0 Å². The van der Waals surface area contributed by atoms with Gasteiger partial charge >= 0.3 is 0 Å². The zero-order valence-corrected chi connectivity index (χ0v) is 6.03. The van der Waals surface area contributed by atoms with Gasteiger partial charge in [-0.05, 0) is 36.5 Å². The summed E-state index contributed by atoms with van der Waals surface area (Å²) in [6.07, 6.45) is 12.4. The highest BCUT2D eigenvalue weighted by molar-refractivity contribution is 5.22. The molecule has 0 aromatic heterocycles. The average molecular weight is 132 g/mol. The Kier molecular flexibility index (Phi) is 0.803. The Morgan fingerprint density at radius 3 is 1.80 bits per heavy atom. The SMILES string of the molecule is C1=CC2C(C1)C1C=CCC21. The van der Waals surface area contributed by atoms with Crippen molar-refractivity contribution in [3.63, 3.8) is 0 Å². The molecule has 0 aromatic rings. The zero-order chi connectivity index (χ0) is 6.55. The maximum Gasteiger partial charge on any atom is -0.0159 e. The molecule has 1 saturated carbocycles. The Morgan fingerprint density at radius 1 is 0.800 bits per heavy atom. The van der Waals surface area contributed by atoms with E-state index >= 15 is 0 Å². The summed E-state index contributed by atoms with van der Waals surface area (Å²) in [4.78, 5) is 0. The second-order valence-corrected chi connectivity index (χ2v) is 3.81. The third-order valence-corrected chi connectivity index (χ3v) is 3.51. The molecular formula is C10H12. The van der Waals surface area contributed by atoms with Crippen LogP contribution in [-0.2, 0) is 0 Å². The third kappa shape index (κ3) is 0.416. The predicted octanol–water partition coefficient (Wildman–Crippen LogP) is 2.38. The highest BCUT2D eigenvalue weighted by Crippen LogP contribution is 2.56. The first-order valence-electron chi connectivity index (χ1n) is 4.30. The standard InChI is InChI=1S/C10H12/c1-3-7-8(4-1)10-6-2-5-9(7)10/h1-3,6-10H,4-5H2. The smallest absolute Gasteiger partial charge is 0.0159 e. The highest BCUT2D eigenvalue weighted by Gasteiger charge is 2.49. The number of rotatable bonds is 0. The molecule has 0 nitrogen and oxygen atoms in total. The van der Waals surface area contributed by atoms with Crippen molar-refractivity contribution < 1.29 is 0 Å². The Balaban J connectivity index is 1.92. The molecule has 0 N–H and O–H groups in total. The van der Waals surface area contributed by atoms with Crippen molar-refractivity contribution >= 4 is 0 Å². The first kappa shape index (κ1) is 5.17. The molecule has 0 aliphatic heterocycles. The molecule has 0 saturated heterocycles. The predicted molar refractivity (Wildman–Crippen MR) is 41.5 cm³/mol. The Bertz CT molecular complexity index is 180. The minimum Gasteiger partial charge on any atom is -0.0879 e. The van der Waals surface area contributed by atoms with Crippen LogP contribution >= 0.6 is 0 Å². The van der Waals surface area contributed by atoms with E-state index in [0.717, 1.165) is 23.7 Å². The molecular weight excluding hydrogens is 120 g/mol. The Labute approximate surface area is 61.6 Å². The van der Waals surface area contributed by atoms with Crippen LogP contribution in [0, 0.1) is 23.7 Å². The summed E-state index contributed by atoms with van der Waals surface area (Å²) in [6.45, 7) is 0. The van der Waals surface area contributed by atoms with E-state index in [1.54, 1.807) is 0 Å². The second kappa shape index (κ2) is 1.55. The zero-order valence-electron chi connectivity index (χ0n) is 6.03. The molecule has 0 heteroatoms. The summed E-state index contributed by atoms with van der Waals surface area (Å²) in [7, 11) is 0. The van der Waals surface area contributed by atoms with Crippen LogP contribution in [0.25, 0.3) is 0 Å². The van der Waals surface area contributed by atoms with Gasteiger partial charge in [-0.2, -0.15) is 0 Å². The Hall–Kier alpha value is -0.520. The lowest BCUT2D eigenvalue weighted by Crippen LogP contribution is -2.39. The maximum absolute atomic E-state index is 2.44. The van der Waals surface area contributed by atoms with E-state index in [4.69, 9.17) is 0 Å². The van der Waals surface area contributed by atoms with Crippen molar-refractivity contribution in [2.75, 3.05) is 0 Å². The summed E-state index contributed by atoms with van der Waals surface area (Å²) in [6, 6.07) is 0. The van der Waals surface area contributed by atoms with Crippen LogP contribution < -0.4 is 0 Å². The maximum atomic E-state index is 2.44. The largest absolute Gasteiger partial charge is 0.0879 e. The van der Waals surface area contributed by atoms with Gasteiger partial charge in [0.2, 0.25) is 0 Å². The topological polar surface area (TPSA) is 0 Å². The third-order valence-electron chi connectivity index (χ3n) is 3.51. The van der Waals surface area contributed by atoms with E-state index in [1.165, 1.54) is 12.8 Å². The molecule has 0 atom stereocenters. The molecule has 0 aromatic carbocycles.